The molecule has 1 rings (SSSR count). The van der Waals surface area contributed by atoms with Crippen molar-refractivity contribution in [2.24, 2.45) is 0 Å². The molecular formula is C14H21F2N. The average molecular weight is 241 g/mol. The van der Waals surface area contributed by atoms with Crippen molar-refractivity contribution in [2.75, 3.05) is 0 Å². The molecule has 0 fully saturated rings. The van der Waals surface area contributed by atoms with Gasteiger partial charge in [0.05, 0.1) is 0 Å². The third-order valence-corrected chi connectivity index (χ3v) is 2.99. The van der Waals surface area contributed by atoms with Crippen molar-refractivity contribution in [3.63, 3.8) is 0 Å². The summed E-state index contributed by atoms with van der Waals surface area (Å²) >= 11 is 0. The Morgan fingerprint density at radius 3 is 2.65 bits per heavy atom. The highest BCUT2D eigenvalue weighted by Crippen LogP contribution is 2.11. The molecule has 1 unspecified atom stereocenters. The van der Waals surface area contributed by atoms with E-state index < -0.39 is 0 Å². The lowest BCUT2D eigenvalue weighted by molar-refractivity contribution is 0.445. The van der Waals surface area contributed by atoms with Gasteiger partial charge in [-0.3, -0.25) is 0 Å². The first-order valence-electron chi connectivity index (χ1n) is 6.34. The predicted octanol–water partition coefficient (Wildman–Crippen LogP) is 4.02. The van der Waals surface area contributed by atoms with E-state index in [1.54, 1.807) is 0 Å². The minimum Gasteiger partial charge on any atom is -0.310 e. The Labute approximate surface area is 102 Å². The SMILES string of the molecule is CCCCC(CC)NCc1cc(F)ccc1F. The van der Waals surface area contributed by atoms with Crippen LogP contribution >= 0.6 is 0 Å². The molecule has 0 aliphatic heterocycles. The van der Waals surface area contributed by atoms with E-state index in [4.69, 9.17) is 0 Å². The number of hydrogen-bond acceptors (Lipinski definition) is 1. The van der Waals surface area contributed by atoms with Gasteiger partial charge in [-0.05, 0) is 31.0 Å². The molecule has 1 aromatic carbocycles. The van der Waals surface area contributed by atoms with Gasteiger partial charge in [0.2, 0.25) is 0 Å². The van der Waals surface area contributed by atoms with E-state index >= 15 is 0 Å². The van der Waals surface area contributed by atoms with E-state index in [-0.39, 0.29) is 11.6 Å². The maximum absolute atomic E-state index is 13.4. The molecule has 0 saturated carbocycles. The number of unbranched alkanes of at least 4 members (excludes halogenated alkanes) is 1. The van der Waals surface area contributed by atoms with Crippen molar-refractivity contribution in [1.29, 1.82) is 0 Å². The summed E-state index contributed by atoms with van der Waals surface area (Å²) in [5.41, 5.74) is 0.403. The minimum atomic E-state index is -0.384. The second-order valence-corrected chi connectivity index (χ2v) is 4.36. The van der Waals surface area contributed by atoms with Crippen molar-refractivity contribution in [2.45, 2.75) is 52.1 Å². The fourth-order valence-corrected chi connectivity index (χ4v) is 1.83. The predicted molar refractivity (Wildman–Crippen MR) is 66.8 cm³/mol. The second-order valence-electron chi connectivity index (χ2n) is 4.36. The second kappa shape index (κ2) is 7.38. The molecular weight excluding hydrogens is 220 g/mol. The van der Waals surface area contributed by atoms with E-state index in [0.717, 1.165) is 31.7 Å². The summed E-state index contributed by atoms with van der Waals surface area (Å²) in [5.74, 6) is -0.728. The van der Waals surface area contributed by atoms with Crippen LogP contribution in [0.2, 0.25) is 0 Å². The van der Waals surface area contributed by atoms with Crippen LogP contribution in [0, 0.1) is 11.6 Å². The van der Waals surface area contributed by atoms with Crippen LogP contribution in [0.4, 0.5) is 8.78 Å². The van der Waals surface area contributed by atoms with Crippen molar-refractivity contribution in [1.82, 2.24) is 5.32 Å². The van der Waals surface area contributed by atoms with Gasteiger partial charge in [-0.1, -0.05) is 26.7 Å². The molecule has 0 radical (unpaired) electrons. The van der Waals surface area contributed by atoms with Gasteiger partial charge in [-0.15, -0.1) is 0 Å². The van der Waals surface area contributed by atoms with Crippen molar-refractivity contribution < 1.29 is 8.78 Å². The van der Waals surface area contributed by atoms with E-state index in [0.29, 0.717) is 18.2 Å². The fourth-order valence-electron chi connectivity index (χ4n) is 1.83. The molecule has 0 bridgehead atoms. The number of hydrogen-bond donors (Lipinski definition) is 1. The molecule has 0 heterocycles. The fraction of sp³-hybridized carbons (Fsp3) is 0.571. The van der Waals surface area contributed by atoms with E-state index in [1.807, 2.05) is 0 Å². The van der Waals surface area contributed by atoms with Crippen LogP contribution in [0.3, 0.4) is 0 Å². The molecule has 1 N–H and O–H groups in total. The average Bonchev–Trinajstić information content (AvgIpc) is 2.33. The lowest BCUT2D eigenvalue weighted by Gasteiger charge is -2.16. The van der Waals surface area contributed by atoms with E-state index in [1.165, 1.54) is 12.1 Å². The Morgan fingerprint density at radius 2 is 2.00 bits per heavy atom. The minimum absolute atomic E-state index is 0.343. The summed E-state index contributed by atoms with van der Waals surface area (Å²) < 4.78 is 26.3. The van der Waals surface area contributed by atoms with Gasteiger partial charge >= 0.3 is 0 Å². The molecule has 0 aliphatic carbocycles. The summed E-state index contributed by atoms with van der Waals surface area (Å²) in [6.45, 7) is 4.65. The van der Waals surface area contributed by atoms with Crippen molar-refractivity contribution >= 4 is 0 Å². The standard InChI is InChI=1S/C14H21F2N/c1-3-5-6-13(4-2)17-10-11-9-12(15)7-8-14(11)16/h7-9,13,17H,3-6,10H2,1-2H3. The Hall–Kier alpha value is -0.960. The topological polar surface area (TPSA) is 12.0 Å². The van der Waals surface area contributed by atoms with Crippen LogP contribution in [0.15, 0.2) is 18.2 Å². The Morgan fingerprint density at radius 1 is 1.24 bits per heavy atom. The highest BCUT2D eigenvalue weighted by molar-refractivity contribution is 5.18. The zero-order valence-corrected chi connectivity index (χ0v) is 10.6. The third-order valence-electron chi connectivity index (χ3n) is 2.99. The molecule has 1 atom stereocenters. The Balaban J connectivity index is 2.50. The van der Waals surface area contributed by atoms with Gasteiger partial charge in [0.25, 0.3) is 0 Å². The monoisotopic (exact) mass is 241 g/mol. The maximum Gasteiger partial charge on any atom is 0.127 e. The van der Waals surface area contributed by atoms with Gasteiger partial charge in [-0.25, -0.2) is 8.78 Å². The van der Waals surface area contributed by atoms with Crippen LogP contribution < -0.4 is 5.32 Å². The van der Waals surface area contributed by atoms with Crippen LogP contribution in [0.25, 0.3) is 0 Å². The summed E-state index contributed by atoms with van der Waals surface area (Å²) in [6, 6.07) is 3.97. The summed E-state index contributed by atoms with van der Waals surface area (Å²) in [6.07, 6.45) is 4.42. The quantitative estimate of drug-likeness (QED) is 0.760. The van der Waals surface area contributed by atoms with E-state index in [2.05, 4.69) is 19.2 Å². The maximum atomic E-state index is 13.4. The highest BCUT2D eigenvalue weighted by Gasteiger charge is 2.08. The highest BCUT2D eigenvalue weighted by atomic mass is 19.1. The molecule has 96 valence electrons. The lowest BCUT2D eigenvalue weighted by atomic mass is 10.1. The number of halogens is 2. The molecule has 1 aromatic rings. The smallest absolute Gasteiger partial charge is 0.127 e. The van der Waals surface area contributed by atoms with Crippen molar-refractivity contribution in [3.05, 3.63) is 35.4 Å². The van der Waals surface area contributed by atoms with Crippen LogP contribution in [0.1, 0.15) is 45.1 Å². The summed E-state index contributed by atoms with van der Waals surface area (Å²) in [7, 11) is 0. The molecule has 0 aromatic heterocycles. The first-order chi connectivity index (χ1) is 8.17. The van der Waals surface area contributed by atoms with Gasteiger partial charge in [0, 0.05) is 18.2 Å². The first kappa shape index (κ1) is 14.1. The molecule has 0 amide bonds. The van der Waals surface area contributed by atoms with Gasteiger partial charge < -0.3 is 5.32 Å². The Bertz CT molecular complexity index is 339. The summed E-state index contributed by atoms with van der Waals surface area (Å²) in [5, 5.41) is 3.28. The van der Waals surface area contributed by atoms with E-state index in [9.17, 15) is 8.78 Å². The molecule has 0 aliphatic rings. The zero-order chi connectivity index (χ0) is 12.7. The zero-order valence-electron chi connectivity index (χ0n) is 10.6. The lowest BCUT2D eigenvalue weighted by Crippen LogP contribution is -2.28. The molecule has 0 spiro atoms. The number of benzene rings is 1. The molecule has 17 heavy (non-hydrogen) atoms. The molecule has 0 saturated heterocycles. The third kappa shape index (κ3) is 4.82. The van der Waals surface area contributed by atoms with Crippen LogP contribution in [-0.2, 0) is 6.54 Å². The first-order valence-corrected chi connectivity index (χ1v) is 6.34. The Kier molecular flexibility index (Phi) is 6.12. The van der Waals surface area contributed by atoms with Crippen molar-refractivity contribution in [3.8, 4) is 0 Å². The largest absolute Gasteiger partial charge is 0.310 e. The van der Waals surface area contributed by atoms with Gasteiger partial charge in [0.15, 0.2) is 0 Å². The van der Waals surface area contributed by atoms with Gasteiger partial charge in [-0.2, -0.15) is 0 Å². The van der Waals surface area contributed by atoms with Crippen LogP contribution in [-0.4, -0.2) is 6.04 Å². The molecule has 1 nitrogen and oxygen atoms in total. The molecule has 3 heteroatoms. The number of rotatable bonds is 7. The number of nitrogens with one attached hydrogen (secondary N) is 1. The normalized spacial score (nSPS) is 12.7. The van der Waals surface area contributed by atoms with Gasteiger partial charge in [0.1, 0.15) is 11.6 Å². The van der Waals surface area contributed by atoms with Crippen LogP contribution in [0.5, 0.6) is 0 Å². The summed E-state index contributed by atoms with van der Waals surface area (Å²) in [4.78, 5) is 0.